The summed E-state index contributed by atoms with van der Waals surface area (Å²) in [6.45, 7) is 3.32. The summed E-state index contributed by atoms with van der Waals surface area (Å²) in [7, 11) is 0. The minimum Gasteiger partial charge on any atom is -0.456 e. The van der Waals surface area contributed by atoms with Gasteiger partial charge in [0.25, 0.3) is 0 Å². The first kappa shape index (κ1) is 23.2. The average Bonchev–Trinajstić information content (AvgIpc) is 2.67. The fourth-order valence-corrected chi connectivity index (χ4v) is 2.98. The number of benzene rings is 1. The lowest BCUT2D eigenvalue weighted by Crippen LogP contribution is -2.34. The van der Waals surface area contributed by atoms with Crippen LogP contribution in [-0.2, 0) is 9.53 Å². The summed E-state index contributed by atoms with van der Waals surface area (Å²) in [5, 5.41) is 9.31. The van der Waals surface area contributed by atoms with Crippen LogP contribution in [0.5, 0.6) is 0 Å². The number of esters is 1. The van der Waals surface area contributed by atoms with E-state index in [0.717, 1.165) is 24.0 Å². The minimum atomic E-state index is -0.665. The standard InChI is InChI=1S/C23H35NO3/c1-3-4-5-6-7-8-9-10-11-12-14-20-15-13-16-21(17-20)23(22(24)18-25)27-19(2)26/h13,15-17,22-23,25H,3-11,18,24H2,1-2H3/t22-,23?/m0/s1. The lowest BCUT2D eigenvalue weighted by Gasteiger charge is -2.22. The third-order valence-electron chi connectivity index (χ3n) is 4.50. The van der Waals surface area contributed by atoms with Crippen LogP contribution < -0.4 is 5.73 Å². The molecule has 0 spiro atoms. The third kappa shape index (κ3) is 10.2. The first-order valence-electron chi connectivity index (χ1n) is 10.2. The van der Waals surface area contributed by atoms with Crippen LogP contribution >= 0.6 is 0 Å². The van der Waals surface area contributed by atoms with E-state index in [4.69, 9.17) is 10.5 Å². The molecule has 0 saturated heterocycles. The summed E-state index contributed by atoms with van der Waals surface area (Å²) in [4.78, 5) is 11.3. The van der Waals surface area contributed by atoms with Crippen molar-refractivity contribution in [3.05, 3.63) is 35.4 Å². The van der Waals surface area contributed by atoms with Gasteiger partial charge in [-0.3, -0.25) is 4.79 Å². The maximum atomic E-state index is 11.3. The number of hydrogen-bond acceptors (Lipinski definition) is 4. The van der Waals surface area contributed by atoms with E-state index >= 15 is 0 Å². The zero-order valence-electron chi connectivity index (χ0n) is 16.9. The van der Waals surface area contributed by atoms with Crippen LogP contribution in [0.15, 0.2) is 24.3 Å². The molecule has 3 N–H and O–H groups in total. The van der Waals surface area contributed by atoms with Gasteiger partial charge in [0.1, 0.15) is 6.10 Å². The summed E-state index contributed by atoms with van der Waals surface area (Å²) < 4.78 is 5.28. The predicted molar refractivity (Wildman–Crippen MR) is 110 cm³/mol. The molecule has 1 unspecified atom stereocenters. The lowest BCUT2D eigenvalue weighted by molar-refractivity contribution is -0.148. The molecule has 4 heteroatoms. The van der Waals surface area contributed by atoms with E-state index in [1.165, 1.54) is 51.9 Å². The predicted octanol–water partition coefficient (Wildman–Crippen LogP) is 4.49. The molecule has 0 aliphatic heterocycles. The molecule has 1 aromatic rings. The van der Waals surface area contributed by atoms with Crippen LogP contribution in [-0.4, -0.2) is 23.7 Å². The smallest absolute Gasteiger partial charge is 0.303 e. The molecule has 1 aromatic carbocycles. The van der Waals surface area contributed by atoms with Gasteiger partial charge in [-0.15, -0.1) is 0 Å². The molecule has 0 aliphatic carbocycles. The molecular weight excluding hydrogens is 338 g/mol. The summed E-state index contributed by atoms with van der Waals surface area (Å²) in [5.74, 6) is 5.98. The summed E-state index contributed by atoms with van der Waals surface area (Å²) >= 11 is 0. The van der Waals surface area contributed by atoms with Crippen molar-refractivity contribution in [1.29, 1.82) is 0 Å². The second-order valence-corrected chi connectivity index (χ2v) is 7.03. The number of carbonyl (C=O) groups excluding carboxylic acids is 1. The molecule has 0 aliphatic rings. The first-order chi connectivity index (χ1) is 13.1. The number of ether oxygens (including phenoxy) is 1. The van der Waals surface area contributed by atoms with E-state index in [2.05, 4.69) is 18.8 Å². The van der Waals surface area contributed by atoms with Crippen molar-refractivity contribution >= 4 is 5.97 Å². The highest BCUT2D eigenvalue weighted by Gasteiger charge is 2.22. The highest BCUT2D eigenvalue weighted by atomic mass is 16.5. The van der Waals surface area contributed by atoms with Crippen molar-refractivity contribution in [2.75, 3.05) is 6.61 Å². The molecule has 0 radical (unpaired) electrons. The fraction of sp³-hybridized carbons (Fsp3) is 0.609. The van der Waals surface area contributed by atoms with Crippen LogP contribution in [0.3, 0.4) is 0 Å². The van der Waals surface area contributed by atoms with Gasteiger partial charge in [-0.25, -0.2) is 0 Å². The molecule has 150 valence electrons. The second kappa shape index (κ2) is 14.3. The Morgan fingerprint density at radius 1 is 1.15 bits per heavy atom. The Bertz CT molecular complexity index is 603. The number of rotatable bonds is 12. The van der Waals surface area contributed by atoms with E-state index < -0.39 is 18.1 Å². The van der Waals surface area contributed by atoms with Crippen molar-refractivity contribution in [3.8, 4) is 11.8 Å². The number of aliphatic hydroxyl groups excluding tert-OH is 1. The monoisotopic (exact) mass is 373 g/mol. The summed E-state index contributed by atoms with van der Waals surface area (Å²) in [6.07, 6.45) is 10.6. The van der Waals surface area contributed by atoms with Gasteiger partial charge in [-0.1, -0.05) is 75.8 Å². The fourth-order valence-electron chi connectivity index (χ4n) is 2.98. The topological polar surface area (TPSA) is 72.5 Å². The molecule has 0 fully saturated rings. The Balaban J connectivity index is 2.47. The van der Waals surface area contributed by atoms with Gasteiger partial charge in [0.15, 0.2) is 0 Å². The minimum absolute atomic E-state index is 0.258. The quantitative estimate of drug-likeness (QED) is 0.322. The Hall–Kier alpha value is -1.83. The highest BCUT2D eigenvalue weighted by molar-refractivity contribution is 5.66. The van der Waals surface area contributed by atoms with E-state index in [-0.39, 0.29) is 6.61 Å². The Morgan fingerprint density at radius 3 is 2.44 bits per heavy atom. The molecule has 1 rings (SSSR count). The average molecular weight is 374 g/mol. The van der Waals surface area contributed by atoms with E-state index in [1.54, 1.807) is 0 Å². The Labute approximate surface area is 164 Å². The van der Waals surface area contributed by atoms with Gasteiger partial charge in [-0.2, -0.15) is 0 Å². The van der Waals surface area contributed by atoms with Crippen molar-refractivity contribution < 1.29 is 14.6 Å². The number of carbonyl (C=O) groups is 1. The number of unbranched alkanes of at least 4 members (excludes halogenated alkanes) is 8. The van der Waals surface area contributed by atoms with Crippen molar-refractivity contribution in [3.63, 3.8) is 0 Å². The van der Waals surface area contributed by atoms with Crippen LogP contribution in [0.4, 0.5) is 0 Å². The maximum Gasteiger partial charge on any atom is 0.303 e. The van der Waals surface area contributed by atoms with Gasteiger partial charge in [-0.05, 0) is 24.1 Å². The van der Waals surface area contributed by atoms with Gasteiger partial charge >= 0.3 is 5.97 Å². The molecular formula is C23H35NO3. The molecule has 2 atom stereocenters. The summed E-state index contributed by atoms with van der Waals surface area (Å²) in [5.41, 5.74) is 7.52. The molecule has 27 heavy (non-hydrogen) atoms. The Morgan fingerprint density at radius 2 is 1.81 bits per heavy atom. The zero-order chi connectivity index (χ0) is 19.9. The Kier molecular flexibility index (Phi) is 12.3. The van der Waals surface area contributed by atoms with Gasteiger partial charge in [0, 0.05) is 18.9 Å². The van der Waals surface area contributed by atoms with Gasteiger partial charge in [0.2, 0.25) is 0 Å². The molecule has 0 aromatic heterocycles. The maximum absolute atomic E-state index is 11.3. The normalized spacial score (nSPS) is 12.7. The molecule has 0 saturated carbocycles. The zero-order valence-corrected chi connectivity index (χ0v) is 16.9. The van der Waals surface area contributed by atoms with Crippen molar-refractivity contribution in [1.82, 2.24) is 0 Å². The molecule has 4 nitrogen and oxygen atoms in total. The van der Waals surface area contributed by atoms with Crippen LogP contribution in [0.2, 0.25) is 0 Å². The van der Waals surface area contributed by atoms with Crippen LogP contribution in [0.25, 0.3) is 0 Å². The molecule has 0 heterocycles. The van der Waals surface area contributed by atoms with E-state index in [1.807, 2.05) is 24.3 Å². The summed E-state index contributed by atoms with van der Waals surface area (Å²) in [6, 6.07) is 6.86. The number of nitrogens with two attached hydrogens (primary N) is 1. The highest BCUT2D eigenvalue weighted by Crippen LogP contribution is 2.21. The van der Waals surface area contributed by atoms with Gasteiger partial charge < -0.3 is 15.6 Å². The number of hydrogen-bond donors (Lipinski definition) is 2. The SMILES string of the molecule is CCCCCCCCCCC#Cc1cccc(C(OC(C)=O)[C@@H](N)CO)c1. The van der Waals surface area contributed by atoms with Crippen molar-refractivity contribution in [2.24, 2.45) is 5.73 Å². The second-order valence-electron chi connectivity index (χ2n) is 7.03. The van der Waals surface area contributed by atoms with E-state index in [9.17, 15) is 9.90 Å². The van der Waals surface area contributed by atoms with Crippen LogP contribution in [0, 0.1) is 11.8 Å². The largest absolute Gasteiger partial charge is 0.456 e. The van der Waals surface area contributed by atoms with Crippen molar-refractivity contribution in [2.45, 2.75) is 83.8 Å². The third-order valence-corrected chi connectivity index (χ3v) is 4.50. The van der Waals surface area contributed by atoms with E-state index in [0.29, 0.717) is 0 Å². The molecule has 0 bridgehead atoms. The molecule has 0 amide bonds. The lowest BCUT2D eigenvalue weighted by atomic mass is 10.0. The first-order valence-corrected chi connectivity index (χ1v) is 10.2. The van der Waals surface area contributed by atoms with Gasteiger partial charge in [0.05, 0.1) is 12.6 Å². The van der Waals surface area contributed by atoms with Crippen LogP contribution in [0.1, 0.15) is 88.9 Å². The number of aliphatic hydroxyl groups is 1.